The number of aliphatic hydroxyl groups excluding tert-OH is 2. The van der Waals surface area contributed by atoms with Crippen LogP contribution in [-0.4, -0.2) is 154 Å². The third-order valence-electron chi connectivity index (χ3n) is 17.9. The van der Waals surface area contributed by atoms with Crippen LogP contribution in [0.5, 0.6) is 0 Å². The minimum Gasteiger partial charge on any atom is -0.444 e. The summed E-state index contributed by atoms with van der Waals surface area (Å²) in [5, 5.41) is 34.9. The number of hydrogen-bond acceptors (Lipinski definition) is 19. The van der Waals surface area contributed by atoms with Crippen molar-refractivity contribution in [2.75, 3.05) is 32.9 Å². The minimum atomic E-state index is -1.11. The average Bonchev–Trinajstić information content (AvgIpc) is 1.75. The lowest BCUT2D eigenvalue weighted by Crippen LogP contribution is -2.53. The summed E-state index contributed by atoms with van der Waals surface area (Å²) in [5.41, 5.74) is 14.5. The molecule has 0 saturated carbocycles. The lowest BCUT2D eigenvalue weighted by molar-refractivity contribution is -0.0907. The maximum absolute atomic E-state index is 13.2. The Morgan fingerprint density at radius 2 is 0.829 bits per heavy atom. The molecule has 0 radical (unpaired) electrons. The number of nitrogens with zero attached hydrogens (tertiary/aromatic N) is 4. The summed E-state index contributed by atoms with van der Waals surface area (Å²) in [4.78, 5) is 72.4. The zero-order chi connectivity index (χ0) is 78.4. The van der Waals surface area contributed by atoms with Crippen molar-refractivity contribution < 1.29 is 72.1 Å². The second-order valence-electron chi connectivity index (χ2n) is 29.2. The lowest BCUT2D eigenvalue weighted by Gasteiger charge is -2.31. The molecule has 7 aromatic carbocycles. The van der Waals surface area contributed by atoms with E-state index < -0.39 is 66.0 Å². The number of alkyl carbamates (subject to hydrolysis) is 3. The summed E-state index contributed by atoms with van der Waals surface area (Å²) in [5.74, 6) is -0.0149. The molecule has 3 aliphatic heterocycles. The molecular weight excluding hydrogens is 1410 g/mol. The quantitative estimate of drug-likeness (QED) is 0.0130. The Morgan fingerprint density at radius 1 is 0.441 bits per heavy atom. The van der Waals surface area contributed by atoms with Gasteiger partial charge in [0.2, 0.25) is 0 Å². The molecule has 111 heavy (non-hydrogen) atoms. The summed E-state index contributed by atoms with van der Waals surface area (Å²) in [6, 6.07) is 73.6. The zero-order valence-electron chi connectivity index (χ0n) is 63.6. The van der Waals surface area contributed by atoms with E-state index in [1.807, 2.05) is 257 Å². The van der Waals surface area contributed by atoms with Gasteiger partial charge < -0.3 is 64.1 Å². The van der Waals surface area contributed by atoms with Gasteiger partial charge in [-0.2, -0.15) is 0 Å². The fourth-order valence-electron chi connectivity index (χ4n) is 12.4. The van der Waals surface area contributed by atoms with Crippen molar-refractivity contribution in [2.45, 2.75) is 154 Å². The van der Waals surface area contributed by atoms with E-state index in [0.717, 1.165) is 68.7 Å². The molecule has 3 saturated heterocycles. The predicted octanol–water partition coefficient (Wildman–Crippen LogP) is 13.3. The van der Waals surface area contributed by atoms with Crippen LogP contribution in [-0.2, 0) is 83.5 Å². The number of amides is 5. The van der Waals surface area contributed by atoms with E-state index in [0.29, 0.717) is 26.1 Å². The first kappa shape index (κ1) is 82.4. The third-order valence-corrected chi connectivity index (χ3v) is 17.9. The third kappa shape index (κ3) is 29.0. The van der Waals surface area contributed by atoms with Gasteiger partial charge in [0.25, 0.3) is 0 Å². The Morgan fingerprint density at radius 3 is 1.23 bits per heavy atom. The smallest absolute Gasteiger partial charge is 0.422 e. The second kappa shape index (κ2) is 41.6. The number of benzene rings is 7. The molecule has 5 heterocycles. The molecule has 3 aliphatic rings. The van der Waals surface area contributed by atoms with E-state index in [4.69, 9.17) is 37.9 Å². The van der Waals surface area contributed by atoms with Crippen molar-refractivity contribution in [1.82, 2.24) is 46.8 Å². The Bertz CT molecular complexity index is 4270. The van der Waals surface area contributed by atoms with Crippen LogP contribution in [0, 0.1) is 5.92 Å². The summed E-state index contributed by atoms with van der Waals surface area (Å²) in [6.07, 6.45) is -0.188. The molecular formula is C87H101N9O15. The SMILES string of the molecule is CC(C)(C)OC(=O)N[C@@H](Cc1ccccc1)[C@@H](O)CN(Cc1ccc(-c2ccccn2)cc1)NC(=O)OCc1ccccc1.CC(C)(C)OC(=O)N[C@@H](Cc1ccccc1)[C@@H]1CO1.O=C(NN(Cc1ccc(-c2ccccn2)cc1)C[C@H](O)[C@H](Cc1ccccc1)NC(=O)O[C@H]1CO[C@H]2OCC[C@H]21)OCc1ccccc1. The highest BCUT2D eigenvalue weighted by Gasteiger charge is 2.44. The van der Waals surface area contributed by atoms with Crippen LogP contribution in [0.25, 0.3) is 22.5 Å². The largest absolute Gasteiger partial charge is 0.444 e. The number of hydrazine groups is 2. The summed E-state index contributed by atoms with van der Waals surface area (Å²) >= 11 is 0. The van der Waals surface area contributed by atoms with E-state index in [1.54, 1.807) is 43.2 Å². The van der Waals surface area contributed by atoms with Crippen LogP contribution in [0.15, 0.2) is 249 Å². The van der Waals surface area contributed by atoms with Gasteiger partial charge in [0.05, 0.1) is 67.5 Å². The van der Waals surface area contributed by atoms with Gasteiger partial charge in [-0.15, -0.1) is 0 Å². The topological polar surface area (TPSA) is 295 Å². The highest BCUT2D eigenvalue weighted by atomic mass is 16.7. The number of carbonyl (C=O) groups excluding carboxylic acids is 5. The summed E-state index contributed by atoms with van der Waals surface area (Å²) < 4.78 is 43.9. The van der Waals surface area contributed by atoms with Crippen molar-refractivity contribution in [3.8, 4) is 22.5 Å². The Balaban J connectivity index is 0.000000192. The van der Waals surface area contributed by atoms with E-state index in [9.17, 15) is 34.2 Å². The van der Waals surface area contributed by atoms with Crippen molar-refractivity contribution in [2.24, 2.45) is 5.92 Å². The number of nitrogens with one attached hydrogen (secondary N) is 5. The molecule has 9 aromatic rings. The molecule has 0 aliphatic carbocycles. The van der Waals surface area contributed by atoms with Crippen molar-refractivity contribution in [1.29, 1.82) is 0 Å². The predicted molar refractivity (Wildman–Crippen MR) is 419 cm³/mol. The first-order valence-electron chi connectivity index (χ1n) is 37.3. The minimum absolute atomic E-state index is 0.00424. The van der Waals surface area contributed by atoms with E-state index in [1.165, 1.54) is 5.56 Å². The zero-order valence-corrected chi connectivity index (χ0v) is 63.6. The number of fused-ring (bicyclic) bond motifs is 1. The molecule has 0 bridgehead atoms. The Labute approximate surface area is 649 Å². The van der Waals surface area contributed by atoms with Crippen molar-refractivity contribution in [3.63, 3.8) is 0 Å². The van der Waals surface area contributed by atoms with Crippen molar-refractivity contribution in [3.05, 3.63) is 288 Å². The molecule has 584 valence electrons. The number of carbonyl (C=O) groups is 5. The van der Waals surface area contributed by atoms with E-state index in [-0.39, 0.29) is 76.4 Å². The molecule has 12 rings (SSSR count). The first-order chi connectivity index (χ1) is 53.6. The summed E-state index contributed by atoms with van der Waals surface area (Å²) in [6.45, 7) is 13.1. The maximum Gasteiger partial charge on any atom is 0.422 e. The van der Waals surface area contributed by atoms with E-state index in [2.05, 4.69) is 36.8 Å². The van der Waals surface area contributed by atoms with Gasteiger partial charge in [-0.25, -0.2) is 34.0 Å². The molecule has 2 aromatic heterocycles. The normalized spacial score (nSPS) is 16.9. The summed E-state index contributed by atoms with van der Waals surface area (Å²) in [7, 11) is 0. The van der Waals surface area contributed by atoms with E-state index >= 15 is 0 Å². The van der Waals surface area contributed by atoms with Crippen LogP contribution >= 0.6 is 0 Å². The van der Waals surface area contributed by atoms with Gasteiger partial charge in [0.15, 0.2) is 6.29 Å². The van der Waals surface area contributed by atoms with Crippen LogP contribution < -0.4 is 26.8 Å². The van der Waals surface area contributed by atoms with Crippen LogP contribution in [0.4, 0.5) is 24.0 Å². The molecule has 5 amide bonds. The first-order valence-corrected chi connectivity index (χ1v) is 37.3. The highest BCUT2D eigenvalue weighted by molar-refractivity contribution is 5.70. The Hall–Kier alpha value is -11.1. The highest BCUT2D eigenvalue weighted by Crippen LogP contribution is 2.33. The monoisotopic (exact) mass is 1510 g/mol. The fourth-order valence-corrected chi connectivity index (χ4v) is 12.4. The molecule has 7 N–H and O–H groups in total. The van der Waals surface area contributed by atoms with Crippen LogP contribution in [0.1, 0.15) is 86.9 Å². The van der Waals surface area contributed by atoms with Gasteiger partial charge in [0.1, 0.15) is 36.6 Å². The molecule has 0 spiro atoms. The van der Waals surface area contributed by atoms with Gasteiger partial charge in [-0.3, -0.25) is 20.8 Å². The number of hydrogen-bond donors (Lipinski definition) is 7. The number of rotatable bonds is 29. The second-order valence-corrected chi connectivity index (χ2v) is 29.2. The van der Waals surface area contributed by atoms with Crippen molar-refractivity contribution >= 4 is 30.5 Å². The number of epoxide rings is 1. The van der Waals surface area contributed by atoms with Crippen LogP contribution in [0.3, 0.4) is 0 Å². The van der Waals surface area contributed by atoms with Gasteiger partial charge in [-0.05, 0) is 130 Å². The van der Waals surface area contributed by atoms with Gasteiger partial charge >= 0.3 is 30.5 Å². The lowest BCUT2D eigenvalue weighted by atomic mass is 10.0. The molecule has 24 nitrogen and oxygen atoms in total. The number of aliphatic hydroxyl groups is 2. The van der Waals surface area contributed by atoms with Gasteiger partial charge in [0, 0.05) is 49.7 Å². The standard InChI is InChI=1S/C37H40N4O7.C35H40N4O5.C15H21NO3/c42-33(32(21-26-9-3-1-4-10-26)39-36(43)48-34-25-46-35-30(34)18-20-45-35)23-41(40-37(44)47-24-28-11-5-2-6-12-28)22-27-14-16-29(17-15-27)31-13-7-8-19-38-31;1-35(2,3)44-33(41)37-31(22-26-12-6-4-7-13-26)32(40)24-39(38-34(42)43-25-28-14-8-5-9-15-28)23-27-17-19-29(20-18-27)30-16-10-11-21-36-30;1-15(2,3)19-14(17)16-12(13-10-18-13)9-11-7-5-4-6-8-11/h1-17,19,30,32-35,42H,18,20-25H2,(H,39,43)(H,40,44);4-21,31-32,40H,22-25H2,1-3H3,(H,37,41)(H,38,42);4-8,12-13H,9-10H2,1-3H3,(H,16,17)/t30-,32-,33-,34-,35+;31-,32-;12-,13-/m000/s1. The maximum atomic E-state index is 13.2. The molecule has 3 fully saturated rings. The number of pyridine rings is 2. The molecule has 24 heteroatoms. The van der Waals surface area contributed by atoms with Gasteiger partial charge in [-0.1, -0.05) is 212 Å². The Kier molecular flexibility index (Phi) is 30.9. The van der Waals surface area contributed by atoms with Crippen LogP contribution in [0.2, 0.25) is 0 Å². The number of ether oxygens (including phenoxy) is 8. The fraction of sp³-hybridized carbons (Fsp3) is 0.345. The molecule has 0 unspecified atom stereocenters. The molecule has 9 atom stereocenters. The average molecular weight is 1510 g/mol. The number of aromatic nitrogens is 2.